The van der Waals surface area contributed by atoms with Crippen LogP contribution in [0.15, 0.2) is 73.6 Å². The molecule has 1 heterocycles. The molecule has 2 nitrogen and oxygen atoms in total. The standard InChI is InChI=1S/C26H17F3N2/c1-2-3-4-18-15-30-26(31-16-18)21-10-9-19(23(27)13-21)7-5-17-6-8-20-12-24(28)25(29)14-22(20)11-17/h2,6,8-16H,1,3-4H2. The quantitative estimate of drug-likeness (QED) is 0.292. The van der Waals surface area contributed by atoms with Gasteiger partial charge in [-0.15, -0.1) is 6.58 Å². The zero-order valence-electron chi connectivity index (χ0n) is 16.5. The first-order chi connectivity index (χ1) is 15.0. The molecule has 0 amide bonds. The van der Waals surface area contributed by atoms with E-state index in [1.807, 2.05) is 6.08 Å². The third-order valence-electron chi connectivity index (χ3n) is 4.79. The Morgan fingerprint density at radius 2 is 1.55 bits per heavy atom. The van der Waals surface area contributed by atoms with Crippen molar-refractivity contribution in [2.24, 2.45) is 0 Å². The van der Waals surface area contributed by atoms with Crippen molar-refractivity contribution in [3.63, 3.8) is 0 Å². The maximum atomic E-state index is 14.6. The van der Waals surface area contributed by atoms with E-state index in [0.717, 1.165) is 30.5 Å². The van der Waals surface area contributed by atoms with E-state index in [4.69, 9.17) is 0 Å². The molecule has 3 aromatic carbocycles. The van der Waals surface area contributed by atoms with Gasteiger partial charge in [-0.1, -0.05) is 24.0 Å². The van der Waals surface area contributed by atoms with Crippen molar-refractivity contribution in [2.75, 3.05) is 0 Å². The molecule has 0 saturated heterocycles. The minimum atomic E-state index is -0.921. The molecule has 4 aromatic rings. The minimum absolute atomic E-state index is 0.219. The van der Waals surface area contributed by atoms with E-state index in [2.05, 4.69) is 28.4 Å². The summed E-state index contributed by atoms with van der Waals surface area (Å²) in [6.45, 7) is 3.69. The fourth-order valence-corrected chi connectivity index (χ4v) is 3.12. The van der Waals surface area contributed by atoms with Gasteiger partial charge in [0, 0.05) is 23.5 Å². The summed E-state index contributed by atoms with van der Waals surface area (Å²) in [5.74, 6) is 3.78. The maximum absolute atomic E-state index is 14.6. The van der Waals surface area contributed by atoms with Gasteiger partial charge in [-0.2, -0.15) is 0 Å². The van der Waals surface area contributed by atoms with Gasteiger partial charge in [-0.05, 0) is 71.6 Å². The molecule has 152 valence electrons. The summed E-state index contributed by atoms with van der Waals surface area (Å²) in [5, 5.41) is 1.09. The number of halogens is 3. The second kappa shape index (κ2) is 8.85. The molecule has 0 atom stereocenters. The number of hydrogen-bond acceptors (Lipinski definition) is 2. The normalized spacial score (nSPS) is 10.5. The van der Waals surface area contributed by atoms with Gasteiger partial charge in [0.15, 0.2) is 17.5 Å². The average molecular weight is 414 g/mol. The van der Waals surface area contributed by atoms with Gasteiger partial charge in [0.2, 0.25) is 0 Å². The average Bonchev–Trinajstić information content (AvgIpc) is 2.78. The molecule has 0 radical (unpaired) electrons. The van der Waals surface area contributed by atoms with Crippen LogP contribution < -0.4 is 0 Å². The van der Waals surface area contributed by atoms with Crippen molar-refractivity contribution in [1.82, 2.24) is 9.97 Å². The molecule has 1 aromatic heterocycles. The van der Waals surface area contributed by atoms with E-state index < -0.39 is 17.5 Å². The third-order valence-corrected chi connectivity index (χ3v) is 4.79. The Hall–Kier alpha value is -3.91. The second-order valence-corrected chi connectivity index (χ2v) is 7.02. The molecule has 0 bridgehead atoms. The van der Waals surface area contributed by atoms with Crippen molar-refractivity contribution in [1.29, 1.82) is 0 Å². The Morgan fingerprint density at radius 3 is 2.26 bits per heavy atom. The van der Waals surface area contributed by atoms with Gasteiger partial charge in [0.1, 0.15) is 5.82 Å². The van der Waals surface area contributed by atoms with Crippen LogP contribution in [-0.4, -0.2) is 9.97 Å². The molecular formula is C26H17F3N2. The van der Waals surface area contributed by atoms with Gasteiger partial charge in [0.05, 0.1) is 5.56 Å². The highest BCUT2D eigenvalue weighted by Gasteiger charge is 2.07. The summed E-state index contributed by atoms with van der Waals surface area (Å²) < 4.78 is 41.4. The Balaban J connectivity index is 1.57. The number of fused-ring (bicyclic) bond motifs is 1. The van der Waals surface area contributed by atoms with E-state index in [9.17, 15) is 13.2 Å². The van der Waals surface area contributed by atoms with Crippen molar-refractivity contribution in [3.8, 4) is 23.2 Å². The number of benzene rings is 3. The highest BCUT2D eigenvalue weighted by molar-refractivity contribution is 5.84. The SMILES string of the molecule is C=CCCc1cnc(-c2ccc(C#Cc3ccc4cc(F)c(F)cc4c3)c(F)c2)nc1. The van der Waals surface area contributed by atoms with Crippen LogP contribution in [-0.2, 0) is 6.42 Å². The number of rotatable bonds is 4. The predicted octanol–water partition coefficient (Wildman–Crippen LogP) is 6.23. The lowest BCUT2D eigenvalue weighted by Crippen LogP contribution is -1.94. The van der Waals surface area contributed by atoms with Crippen molar-refractivity contribution in [2.45, 2.75) is 12.8 Å². The van der Waals surface area contributed by atoms with Gasteiger partial charge in [-0.3, -0.25) is 0 Å². The molecule has 0 spiro atoms. The number of hydrogen-bond donors (Lipinski definition) is 0. The Kier molecular flexibility index (Phi) is 5.81. The fourth-order valence-electron chi connectivity index (χ4n) is 3.12. The number of allylic oxidation sites excluding steroid dienone is 1. The Morgan fingerprint density at radius 1 is 0.806 bits per heavy atom. The van der Waals surface area contributed by atoms with Crippen molar-refractivity contribution in [3.05, 3.63) is 108 Å². The number of aromatic nitrogens is 2. The summed E-state index contributed by atoms with van der Waals surface area (Å²) in [7, 11) is 0. The van der Waals surface area contributed by atoms with Gasteiger partial charge >= 0.3 is 0 Å². The first-order valence-corrected chi connectivity index (χ1v) is 9.66. The lowest BCUT2D eigenvalue weighted by atomic mass is 10.1. The molecule has 5 heteroatoms. The van der Waals surface area contributed by atoms with Crippen molar-refractivity contribution >= 4 is 10.8 Å². The van der Waals surface area contributed by atoms with E-state index in [1.165, 1.54) is 6.07 Å². The van der Waals surface area contributed by atoms with E-state index in [1.54, 1.807) is 42.7 Å². The third kappa shape index (κ3) is 4.65. The van der Waals surface area contributed by atoms with Crippen LogP contribution in [0.3, 0.4) is 0 Å². The van der Waals surface area contributed by atoms with E-state index in [-0.39, 0.29) is 5.56 Å². The Bertz CT molecular complexity index is 1330. The van der Waals surface area contributed by atoms with Crippen molar-refractivity contribution < 1.29 is 13.2 Å². The molecule has 0 aliphatic rings. The van der Waals surface area contributed by atoms with Gasteiger partial charge in [0.25, 0.3) is 0 Å². The largest absolute Gasteiger partial charge is 0.236 e. The summed E-state index contributed by atoms with van der Waals surface area (Å²) in [6.07, 6.45) is 6.94. The zero-order valence-corrected chi connectivity index (χ0v) is 16.5. The van der Waals surface area contributed by atoms with Crippen LogP contribution in [0.5, 0.6) is 0 Å². The maximum Gasteiger partial charge on any atom is 0.159 e. The van der Waals surface area contributed by atoms with Gasteiger partial charge < -0.3 is 0 Å². The summed E-state index contributed by atoms with van der Waals surface area (Å²) in [4.78, 5) is 8.61. The molecule has 31 heavy (non-hydrogen) atoms. The summed E-state index contributed by atoms with van der Waals surface area (Å²) >= 11 is 0. The first-order valence-electron chi connectivity index (χ1n) is 9.66. The van der Waals surface area contributed by atoms with Crippen LogP contribution in [0.1, 0.15) is 23.1 Å². The zero-order chi connectivity index (χ0) is 21.8. The fraction of sp³-hybridized carbons (Fsp3) is 0.0769. The first kappa shape index (κ1) is 20.4. The lowest BCUT2D eigenvalue weighted by Gasteiger charge is -2.03. The highest BCUT2D eigenvalue weighted by Crippen LogP contribution is 2.21. The van der Waals surface area contributed by atoms with E-state index >= 15 is 0 Å². The molecule has 0 aliphatic carbocycles. The van der Waals surface area contributed by atoms with Crippen LogP contribution in [0.2, 0.25) is 0 Å². The van der Waals surface area contributed by atoms with Crippen LogP contribution in [0.4, 0.5) is 13.2 Å². The second-order valence-electron chi connectivity index (χ2n) is 7.02. The molecule has 0 fully saturated rings. The molecule has 0 saturated carbocycles. The molecular weight excluding hydrogens is 397 g/mol. The van der Waals surface area contributed by atoms with E-state index in [0.29, 0.717) is 27.7 Å². The number of nitrogens with zero attached hydrogens (tertiary/aromatic N) is 2. The smallest absolute Gasteiger partial charge is 0.159 e. The highest BCUT2D eigenvalue weighted by atomic mass is 19.2. The topological polar surface area (TPSA) is 25.8 Å². The van der Waals surface area contributed by atoms with Crippen LogP contribution >= 0.6 is 0 Å². The van der Waals surface area contributed by atoms with Crippen LogP contribution in [0, 0.1) is 29.3 Å². The minimum Gasteiger partial charge on any atom is -0.236 e. The monoisotopic (exact) mass is 414 g/mol. The molecule has 0 N–H and O–H groups in total. The summed E-state index contributed by atoms with van der Waals surface area (Å²) in [5.41, 5.74) is 2.34. The molecule has 4 rings (SSSR count). The predicted molar refractivity (Wildman–Crippen MR) is 116 cm³/mol. The lowest BCUT2D eigenvalue weighted by molar-refractivity contribution is 0.511. The van der Waals surface area contributed by atoms with Crippen LogP contribution in [0.25, 0.3) is 22.2 Å². The molecule has 0 unspecified atom stereocenters. The molecule has 0 aliphatic heterocycles. The summed E-state index contributed by atoms with van der Waals surface area (Å²) in [6, 6.07) is 11.9. The van der Waals surface area contributed by atoms with Gasteiger partial charge in [-0.25, -0.2) is 23.1 Å². The number of aryl methyl sites for hydroxylation is 1. The Labute approximate surface area is 178 Å².